The molecular weight excluding hydrogens is 272 g/mol. The van der Waals surface area contributed by atoms with Gasteiger partial charge in [0.05, 0.1) is 12.4 Å². The second-order valence-electron chi connectivity index (χ2n) is 4.89. The van der Waals surface area contributed by atoms with E-state index in [0.29, 0.717) is 11.7 Å². The van der Waals surface area contributed by atoms with Crippen molar-refractivity contribution in [2.45, 2.75) is 19.3 Å². The van der Waals surface area contributed by atoms with Gasteiger partial charge in [-0.3, -0.25) is 10.1 Å². The maximum absolute atomic E-state index is 5.61. The second-order valence-corrected chi connectivity index (χ2v) is 4.89. The van der Waals surface area contributed by atoms with Crippen molar-refractivity contribution in [3.63, 3.8) is 0 Å². The van der Waals surface area contributed by atoms with Crippen LogP contribution in [0.3, 0.4) is 0 Å². The first-order chi connectivity index (χ1) is 10.2. The highest BCUT2D eigenvalue weighted by Crippen LogP contribution is 2.22. The number of nitrogens with two attached hydrogens (primary N) is 1. The van der Waals surface area contributed by atoms with E-state index in [2.05, 4.69) is 30.4 Å². The van der Waals surface area contributed by atoms with Gasteiger partial charge in [0.2, 0.25) is 11.9 Å². The van der Waals surface area contributed by atoms with Gasteiger partial charge in [0.15, 0.2) is 5.75 Å². The molecule has 0 atom stereocenters. The lowest BCUT2D eigenvalue weighted by Gasteiger charge is -2.26. The zero-order valence-electron chi connectivity index (χ0n) is 11.9. The smallest absolute Gasteiger partial charge is 0.328 e. The molecule has 0 aromatic carbocycles. The van der Waals surface area contributed by atoms with Gasteiger partial charge in [-0.1, -0.05) is 0 Å². The minimum Gasteiger partial charge on any atom is -0.421 e. The van der Waals surface area contributed by atoms with Crippen molar-refractivity contribution < 1.29 is 4.74 Å². The Morgan fingerprint density at radius 1 is 1.19 bits per heavy atom. The van der Waals surface area contributed by atoms with Gasteiger partial charge in [0.25, 0.3) is 0 Å². The Kier molecular flexibility index (Phi) is 3.82. The van der Waals surface area contributed by atoms with Crippen LogP contribution < -0.4 is 20.9 Å². The van der Waals surface area contributed by atoms with E-state index in [1.165, 1.54) is 6.42 Å². The molecule has 3 heterocycles. The van der Waals surface area contributed by atoms with Crippen molar-refractivity contribution in [2.75, 3.05) is 23.4 Å². The van der Waals surface area contributed by atoms with Crippen LogP contribution in [0, 0.1) is 0 Å². The monoisotopic (exact) mass is 290 g/mol. The first kappa shape index (κ1) is 13.6. The summed E-state index contributed by atoms with van der Waals surface area (Å²) >= 11 is 0. The zero-order valence-corrected chi connectivity index (χ0v) is 11.9. The predicted molar refractivity (Wildman–Crippen MR) is 77.0 cm³/mol. The van der Waals surface area contributed by atoms with Crippen LogP contribution in [0.25, 0.3) is 0 Å². The van der Waals surface area contributed by atoms with Crippen molar-refractivity contribution >= 4 is 11.9 Å². The number of aromatic nitrogens is 5. The molecule has 9 heteroatoms. The van der Waals surface area contributed by atoms with Crippen LogP contribution in [-0.2, 0) is 7.05 Å². The average Bonchev–Trinajstić information content (AvgIpc) is 2.93. The van der Waals surface area contributed by atoms with E-state index in [1.807, 2.05) is 7.05 Å². The number of hydrogen-bond donors (Lipinski definition) is 2. The number of nitrogens with one attached hydrogen (secondary N) is 1. The van der Waals surface area contributed by atoms with E-state index in [1.54, 1.807) is 17.1 Å². The molecule has 1 aliphatic rings. The SMILES string of the molecule is Cn1cc(Oc2nc(NN)nc(N3CCCCC3)n2)cn1. The Balaban J connectivity index is 1.85. The van der Waals surface area contributed by atoms with Crippen LogP contribution in [0.2, 0.25) is 0 Å². The molecule has 3 rings (SSSR count). The summed E-state index contributed by atoms with van der Waals surface area (Å²) in [4.78, 5) is 14.9. The number of hydrogen-bond acceptors (Lipinski definition) is 8. The molecule has 3 N–H and O–H groups in total. The van der Waals surface area contributed by atoms with Crippen molar-refractivity contribution in [2.24, 2.45) is 12.9 Å². The van der Waals surface area contributed by atoms with Crippen molar-refractivity contribution in [1.29, 1.82) is 0 Å². The summed E-state index contributed by atoms with van der Waals surface area (Å²) in [6.07, 6.45) is 6.84. The molecule has 0 spiro atoms. The number of aryl methyl sites for hydroxylation is 1. The summed E-state index contributed by atoms with van der Waals surface area (Å²) in [7, 11) is 1.81. The molecule has 0 saturated carbocycles. The van der Waals surface area contributed by atoms with E-state index in [9.17, 15) is 0 Å². The Morgan fingerprint density at radius 3 is 2.67 bits per heavy atom. The molecule has 1 aliphatic heterocycles. The van der Waals surface area contributed by atoms with Crippen LogP contribution in [0.15, 0.2) is 12.4 Å². The van der Waals surface area contributed by atoms with Gasteiger partial charge in [0, 0.05) is 20.1 Å². The minimum atomic E-state index is 0.200. The third-order valence-electron chi connectivity index (χ3n) is 3.26. The first-order valence-corrected chi connectivity index (χ1v) is 6.89. The number of rotatable bonds is 4. The molecule has 0 aliphatic carbocycles. The highest BCUT2D eigenvalue weighted by Gasteiger charge is 2.17. The molecule has 2 aromatic rings. The first-order valence-electron chi connectivity index (χ1n) is 6.89. The van der Waals surface area contributed by atoms with Crippen LogP contribution >= 0.6 is 0 Å². The fourth-order valence-corrected chi connectivity index (χ4v) is 2.25. The van der Waals surface area contributed by atoms with E-state index in [-0.39, 0.29) is 12.0 Å². The molecule has 0 amide bonds. The molecule has 9 nitrogen and oxygen atoms in total. The molecule has 2 aromatic heterocycles. The van der Waals surface area contributed by atoms with Gasteiger partial charge in [-0.15, -0.1) is 0 Å². The largest absolute Gasteiger partial charge is 0.421 e. The lowest BCUT2D eigenvalue weighted by atomic mass is 10.1. The van der Waals surface area contributed by atoms with E-state index < -0.39 is 0 Å². The van der Waals surface area contributed by atoms with Crippen LogP contribution in [0.1, 0.15) is 19.3 Å². The Morgan fingerprint density at radius 2 is 2.00 bits per heavy atom. The molecule has 1 saturated heterocycles. The number of piperidine rings is 1. The average molecular weight is 290 g/mol. The van der Waals surface area contributed by atoms with Crippen molar-refractivity contribution in [3.8, 4) is 11.8 Å². The number of ether oxygens (including phenoxy) is 1. The van der Waals surface area contributed by atoms with E-state index in [0.717, 1.165) is 25.9 Å². The summed E-state index contributed by atoms with van der Waals surface area (Å²) in [6, 6.07) is 0.200. The predicted octanol–water partition coefficient (Wildman–Crippen LogP) is 0.673. The molecular formula is C12H18N8O. The van der Waals surface area contributed by atoms with E-state index >= 15 is 0 Å². The molecule has 0 radical (unpaired) electrons. The summed E-state index contributed by atoms with van der Waals surface area (Å²) in [6.45, 7) is 1.86. The molecule has 0 bridgehead atoms. The summed E-state index contributed by atoms with van der Waals surface area (Å²) < 4.78 is 7.25. The Labute approximate surface area is 122 Å². The Bertz CT molecular complexity index is 607. The van der Waals surface area contributed by atoms with E-state index in [4.69, 9.17) is 10.6 Å². The third-order valence-corrected chi connectivity index (χ3v) is 3.26. The van der Waals surface area contributed by atoms with Crippen LogP contribution in [-0.4, -0.2) is 37.8 Å². The van der Waals surface area contributed by atoms with Gasteiger partial charge in [0.1, 0.15) is 0 Å². The normalized spacial score (nSPS) is 15.0. The van der Waals surface area contributed by atoms with Gasteiger partial charge < -0.3 is 9.64 Å². The fourth-order valence-electron chi connectivity index (χ4n) is 2.25. The fraction of sp³-hybridized carbons (Fsp3) is 0.500. The number of nitrogens with zero attached hydrogens (tertiary/aromatic N) is 6. The molecule has 1 fully saturated rings. The molecule has 21 heavy (non-hydrogen) atoms. The summed E-state index contributed by atoms with van der Waals surface area (Å²) in [5, 5.41) is 4.04. The molecule has 0 unspecified atom stereocenters. The Hall–Kier alpha value is -2.42. The zero-order chi connectivity index (χ0) is 14.7. The van der Waals surface area contributed by atoms with Crippen LogP contribution in [0.5, 0.6) is 11.8 Å². The highest BCUT2D eigenvalue weighted by molar-refractivity contribution is 5.38. The number of hydrazine groups is 1. The second kappa shape index (κ2) is 5.92. The number of nitrogen functional groups attached to an aromatic ring is 1. The van der Waals surface area contributed by atoms with Gasteiger partial charge in [-0.05, 0) is 19.3 Å². The van der Waals surface area contributed by atoms with Crippen molar-refractivity contribution in [1.82, 2.24) is 24.7 Å². The van der Waals surface area contributed by atoms with Crippen molar-refractivity contribution in [3.05, 3.63) is 12.4 Å². The lowest BCUT2D eigenvalue weighted by Crippen LogP contribution is -2.31. The quantitative estimate of drug-likeness (QED) is 0.625. The summed E-state index contributed by atoms with van der Waals surface area (Å²) in [5.41, 5.74) is 2.45. The topological polar surface area (TPSA) is 107 Å². The standard InChI is InChI=1S/C12H18N8O/c1-19-8-9(7-14-19)21-12-16-10(18-13)15-11(17-12)20-5-3-2-4-6-20/h7-8H,2-6,13H2,1H3,(H,15,16,17,18). The molecule has 112 valence electrons. The van der Waals surface area contributed by atoms with Gasteiger partial charge in [-0.2, -0.15) is 20.1 Å². The summed E-state index contributed by atoms with van der Waals surface area (Å²) in [5.74, 6) is 6.85. The maximum atomic E-state index is 5.61. The minimum absolute atomic E-state index is 0.200. The highest BCUT2D eigenvalue weighted by atomic mass is 16.5. The van der Waals surface area contributed by atoms with Gasteiger partial charge in [-0.25, -0.2) is 5.84 Å². The van der Waals surface area contributed by atoms with Crippen LogP contribution in [0.4, 0.5) is 11.9 Å². The number of anilines is 2. The third kappa shape index (κ3) is 3.19. The lowest BCUT2D eigenvalue weighted by molar-refractivity contribution is 0.438. The maximum Gasteiger partial charge on any atom is 0.328 e. The van der Waals surface area contributed by atoms with Gasteiger partial charge >= 0.3 is 6.01 Å².